The van der Waals surface area contributed by atoms with E-state index in [1.165, 1.54) is 0 Å². The average Bonchev–Trinajstić information content (AvgIpc) is 2.61. The number of hydrogen-bond donors (Lipinski definition) is 2. The van der Waals surface area contributed by atoms with Gasteiger partial charge in [0.15, 0.2) is 0 Å². The standard InChI is InChI=1S/C18H20ClN3O2/c19-10-4-9-16(23)20-13-6-3-5-12(11-13)17-14-7-1-2-8-15(14)18(24)22-21-17/h3,5-6,11H,1-2,4,7-10H2,(H,20,23)(H,22,24). The van der Waals surface area contributed by atoms with Gasteiger partial charge in [0.05, 0.1) is 5.69 Å². The summed E-state index contributed by atoms with van der Waals surface area (Å²) in [6, 6.07) is 7.58. The minimum Gasteiger partial charge on any atom is -0.326 e. The summed E-state index contributed by atoms with van der Waals surface area (Å²) in [6.07, 6.45) is 4.83. The highest BCUT2D eigenvalue weighted by Gasteiger charge is 2.19. The maximum Gasteiger partial charge on any atom is 0.267 e. The number of H-pyrrole nitrogens is 1. The predicted octanol–water partition coefficient (Wildman–Crippen LogP) is 3.27. The van der Waals surface area contributed by atoms with Gasteiger partial charge in [-0.3, -0.25) is 9.59 Å². The molecule has 0 fully saturated rings. The number of fused-ring (bicyclic) bond motifs is 1. The third-order valence-electron chi connectivity index (χ3n) is 4.25. The third kappa shape index (κ3) is 3.67. The van der Waals surface area contributed by atoms with Gasteiger partial charge < -0.3 is 5.32 Å². The molecule has 1 aromatic heterocycles. The second kappa shape index (κ2) is 7.62. The molecule has 6 heteroatoms. The SMILES string of the molecule is O=C(CCCCl)Nc1cccc(-c2n[nH]c(=O)c3c2CCCC3)c1. The molecule has 3 rings (SSSR count). The van der Waals surface area contributed by atoms with E-state index in [0.29, 0.717) is 18.7 Å². The number of anilines is 1. The summed E-state index contributed by atoms with van der Waals surface area (Å²) in [5.74, 6) is 0.421. The van der Waals surface area contributed by atoms with Crippen molar-refractivity contribution < 1.29 is 4.79 Å². The highest BCUT2D eigenvalue weighted by atomic mass is 35.5. The fourth-order valence-electron chi connectivity index (χ4n) is 3.09. The number of aromatic nitrogens is 2. The zero-order chi connectivity index (χ0) is 16.9. The number of carbonyl (C=O) groups is 1. The number of halogens is 1. The van der Waals surface area contributed by atoms with Gasteiger partial charge in [-0.1, -0.05) is 12.1 Å². The van der Waals surface area contributed by atoms with Gasteiger partial charge >= 0.3 is 0 Å². The maximum absolute atomic E-state index is 12.0. The van der Waals surface area contributed by atoms with Gasteiger partial charge in [-0.2, -0.15) is 5.10 Å². The summed E-state index contributed by atoms with van der Waals surface area (Å²) in [7, 11) is 0. The molecule has 0 bridgehead atoms. The van der Waals surface area contributed by atoms with E-state index >= 15 is 0 Å². The van der Waals surface area contributed by atoms with Crippen LogP contribution in [0.1, 0.15) is 36.8 Å². The normalized spacial score (nSPS) is 13.4. The van der Waals surface area contributed by atoms with E-state index in [9.17, 15) is 9.59 Å². The Bertz CT molecular complexity index is 801. The first-order valence-corrected chi connectivity index (χ1v) is 8.79. The molecule has 5 nitrogen and oxygen atoms in total. The molecule has 1 aliphatic rings. The smallest absolute Gasteiger partial charge is 0.267 e. The van der Waals surface area contributed by atoms with Crippen LogP contribution in [0.2, 0.25) is 0 Å². The molecule has 0 saturated heterocycles. The molecule has 2 aromatic rings. The van der Waals surface area contributed by atoms with Gasteiger partial charge in [-0.25, -0.2) is 5.10 Å². The number of aromatic amines is 1. The molecular weight excluding hydrogens is 326 g/mol. The number of benzene rings is 1. The lowest BCUT2D eigenvalue weighted by molar-refractivity contribution is -0.116. The zero-order valence-corrected chi connectivity index (χ0v) is 14.2. The van der Waals surface area contributed by atoms with Crippen molar-refractivity contribution in [3.63, 3.8) is 0 Å². The first kappa shape index (κ1) is 16.7. The first-order valence-electron chi connectivity index (χ1n) is 8.25. The van der Waals surface area contributed by atoms with Crippen LogP contribution >= 0.6 is 11.6 Å². The van der Waals surface area contributed by atoms with Crippen LogP contribution in [0.3, 0.4) is 0 Å². The summed E-state index contributed by atoms with van der Waals surface area (Å²) in [6.45, 7) is 0. The number of hydrogen-bond acceptors (Lipinski definition) is 3. The van der Waals surface area contributed by atoms with Crippen molar-refractivity contribution in [3.8, 4) is 11.3 Å². The van der Waals surface area contributed by atoms with Gasteiger partial charge in [0.1, 0.15) is 0 Å². The summed E-state index contributed by atoms with van der Waals surface area (Å²) >= 11 is 5.62. The highest BCUT2D eigenvalue weighted by Crippen LogP contribution is 2.29. The van der Waals surface area contributed by atoms with Gasteiger partial charge in [0.2, 0.25) is 5.91 Å². The van der Waals surface area contributed by atoms with Crippen molar-refractivity contribution in [2.24, 2.45) is 0 Å². The van der Waals surface area contributed by atoms with Crippen LogP contribution in [0, 0.1) is 0 Å². The van der Waals surface area contributed by atoms with Crippen LogP contribution in [-0.2, 0) is 17.6 Å². The number of alkyl halides is 1. The molecule has 0 radical (unpaired) electrons. The lowest BCUT2D eigenvalue weighted by atomic mass is 9.90. The van der Waals surface area contributed by atoms with Gasteiger partial charge in [0.25, 0.3) is 5.56 Å². The number of nitrogens with one attached hydrogen (secondary N) is 2. The second-order valence-corrected chi connectivity index (χ2v) is 6.37. The van der Waals surface area contributed by atoms with Crippen LogP contribution in [0.15, 0.2) is 29.1 Å². The third-order valence-corrected chi connectivity index (χ3v) is 4.52. The molecule has 0 aliphatic heterocycles. The van der Waals surface area contributed by atoms with Crippen molar-refractivity contribution in [1.29, 1.82) is 0 Å². The second-order valence-electron chi connectivity index (χ2n) is 5.99. The van der Waals surface area contributed by atoms with E-state index in [4.69, 9.17) is 11.6 Å². The fourth-order valence-corrected chi connectivity index (χ4v) is 3.23. The van der Waals surface area contributed by atoms with Gasteiger partial charge in [-0.05, 0) is 49.8 Å². The van der Waals surface area contributed by atoms with Crippen molar-refractivity contribution in [2.45, 2.75) is 38.5 Å². The van der Waals surface area contributed by atoms with E-state index < -0.39 is 0 Å². The summed E-state index contributed by atoms with van der Waals surface area (Å²) in [5, 5.41) is 9.75. The van der Waals surface area contributed by atoms with E-state index in [1.54, 1.807) is 0 Å². The predicted molar refractivity (Wildman–Crippen MR) is 95.5 cm³/mol. The van der Waals surface area contributed by atoms with E-state index in [2.05, 4.69) is 15.5 Å². The van der Waals surface area contributed by atoms with Crippen LogP contribution in [0.5, 0.6) is 0 Å². The molecule has 0 saturated carbocycles. The van der Waals surface area contributed by atoms with Gasteiger partial charge in [0, 0.05) is 29.1 Å². The number of rotatable bonds is 5. The molecule has 0 atom stereocenters. The van der Waals surface area contributed by atoms with Crippen molar-refractivity contribution >= 4 is 23.2 Å². The number of carbonyl (C=O) groups excluding carboxylic acids is 1. The Balaban J connectivity index is 1.90. The van der Waals surface area contributed by atoms with E-state index in [-0.39, 0.29) is 11.5 Å². The summed E-state index contributed by atoms with van der Waals surface area (Å²) in [4.78, 5) is 23.8. The van der Waals surface area contributed by atoms with Crippen molar-refractivity contribution in [2.75, 3.05) is 11.2 Å². The highest BCUT2D eigenvalue weighted by molar-refractivity contribution is 6.18. The number of nitrogens with zero attached hydrogens (tertiary/aromatic N) is 1. The Morgan fingerprint density at radius 3 is 2.83 bits per heavy atom. The molecule has 24 heavy (non-hydrogen) atoms. The minimum atomic E-state index is -0.0843. The van der Waals surface area contributed by atoms with Crippen molar-refractivity contribution in [3.05, 3.63) is 45.7 Å². The summed E-state index contributed by atoms with van der Waals surface area (Å²) < 4.78 is 0. The topological polar surface area (TPSA) is 74.8 Å². The minimum absolute atomic E-state index is 0.0516. The van der Waals surface area contributed by atoms with Crippen LogP contribution in [0.4, 0.5) is 5.69 Å². The molecule has 0 unspecified atom stereocenters. The van der Waals surface area contributed by atoms with E-state index in [1.807, 2.05) is 24.3 Å². The number of amides is 1. The lowest BCUT2D eigenvalue weighted by Crippen LogP contribution is -2.21. The Hall–Kier alpha value is -2.14. The maximum atomic E-state index is 12.0. The molecule has 1 aliphatic carbocycles. The lowest BCUT2D eigenvalue weighted by Gasteiger charge is -2.17. The molecule has 126 valence electrons. The zero-order valence-electron chi connectivity index (χ0n) is 13.4. The monoisotopic (exact) mass is 345 g/mol. The van der Waals surface area contributed by atoms with Crippen molar-refractivity contribution in [1.82, 2.24) is 10.2 Å². The molecule has 1 heterocycles. The molecule has 0 spiro atoms. The quantitative estimate of drug-likeness (QED) is 0.817. The Kier molecular flexibility index (Phi) is 5.30. The van der Waals surface area contributed by atoms with Crippen LogP contribution < -0.4 is 10.9 Å². The summed E-state index contributed by atoms with van der Waals surface area (Å²) in [5.41, 5.74) is 4.24. The van der Waals surface area contributed by atoms with Crippen LogP contribution in [0.25, 0.3) is 11.3 Å². The van der Waals surface area contributed by atoms with Crippen LogP contribution in [-0.4, -0.2) is 22.0 Å². The molecule has 1 aromatic carbocycles. The van der Waals surface area contributed by atoms with Gasteiger partial charge in [-0.15, -0.1) is 11.6 Å². The molecule has 2 N–H and O–H groups in total. The average molecular weight is 346 g/mol. The Labute approximate surface area is 145 Å². The largest absolute Gasteiger partial charge is 0.326 e. The Morgan fingerprint density at radius 1 is 1.25 bits per heavy atom. The fraction of sp³-hybridized carbons (Fsp3) is 0.389. The van der Waals surface area contributed by atoms with E-state index in [0.717, 1.165) is 53.8 Å². The first-order chi connectivity index (χ1) is 11.7. The Morgan fingerprint density at radius 2 is 2.04 bits per heavy atom. The molecule has 1 amide bonds. The molecular formula is C18H20ClN3O2.